The first-order valence-corrected chi connectivity index (χ1v) is 7.71. The lowest BCUT2D eigenvalue weighted by atomic mass is 10.2. The molecule has 0 aliphatic heterocycles. The van der Waals surface area contributed by atoms with Gasteiger partial charge in [0, 0.05) is 26.7 Å². The monoisotopic (exact) mass is 286 g/mol. The molecule has 0 aliphatic rings. The van der Waals surface area contributed by atoms with E-state index in [0.29, 0.717) is 31.1 Å². The van der Waals surface area contributed by atoms with Gasteiger partial charge in [0.15, 0.2) is 0 Å². The third kappa shape index (κ3) is 5.69. The molecule has 5 nitrogen and oxygen atoms in total. The maximum atomic E-state index is 12.1. The topological polar surface area (TPSA) is 67.4 Å². The van der Waals surface area contributed by atoms with Crippen molar-refractivity contribution in [1.29, 1.82) is 0 Å². The summed E-state index contributed by atoms with van der Waals surface area (Å²) < 4.78 is 31.6. The van der Waals surface area contributed by atoms with E-state index in [4.69, 9.17) is 4.74 Å². The summed E-state index contributed by atoms with van der Waals surface area (Å²) in [5.41, 5.74) is 1.89. The van der Waals surface area contributed by atoms with Crippen molar-refractivity contribution in [1.82, 2.24) is 10.0 Å². The van der Waals surface area contributed by atoms with Gasteiger partial charge < -0.3 is 10.1 Å². The van der Waals surface area contributed by atoms with E-state index in [0.717, 1.165) is 11.1 Å². The van der Waals surface area contributed by atoms with Gasteiger partial charge in [-0.3, -0.25) is 0 Å². The highest BCUT2D eigenvalue weighted by atomic mass is 32.2. The first kappa shape index (κ1) is 16.1. The molecule has 0 aromatic heterocycles. The Balaban J connectivity index is 2.51. The molecule has 0 spiro atoms. The van der Waals surface area contributed by atoms with Crippen molar-refractivity contribution in [2.75, 3.05) is 33.4 Å². The Hall–Kier alpha value is -0.950. The smallest absolute Gasteiger partial charge is 0.240 e. The quantitative estimate of drug-likeness (QED) is 0.694. The minimum absolute atomic E-state index is 0.321. The van der Waals surface area contributed by atoms with Crippen LogP contribution >= 0.6 is 0 Å². The zero-order valence-electron chi connectivity index (χ0n) is 11.7. The third-order valence-electron chi connectivity index (χ3n) is 2.58. The average molecular weight is 286 g/mol. The van der Waals surface area contributed by atoms with E-state index >= 15 is 0 Å². The average Bonchev–Trinajstić information content (AvgIpc) is 2.32. The molecule has 0 atom stereocenters. The van der Waals surface area contributed by atoms with E-state index in [1.54, 1.807) is 19.2 Å². The number of ether oxygens (including phenoxy) is 1. The molecule has 0 unspecified atom stereocenters. The largest absolute Gasteiger partial charge is 0.383 e. The summed E-state index contributed by atoms with van der Waals surface area (Å²) in [6.07, 6.45) is 0. The molecule has 0 aliphatic carbocycles. The zero-order valence-corrected chi connectivity index (χ0v) is 12.5. The summed E-state index contributed by atoms with van der Waals surface area (Å²) in [4.78, 5) is 0.321. The Labute approximate surface area is 115 Å². The summed E-state index contributed by atoms with van der Waals surface area (Å²) in [5, 5.41) is 3.08. The number of sulfonamides is 1. The Kier molecular flexibility index (Phi) is 6.44. The number of rotatable bonds is 8. The van der Waals surface area contributed by atoms with Gasteiger partial charge in [0.1, 0.15) is 0 Å². The van der Waals surface area contributed by atoms with Crippen molar-refractivity contribution in [2.24, 2.45) is 0 Å². The number of methoxy groups -OCH3 is 1. The van der Waals surface area contributed by atoms with E-state index in [9.17, 15) is 8.42 Å². The molecular weight excluding hydrogens is 264 g/mol. The maximum absolute atomic E-state index is 12.1. The molecule has 6 heteroatoms. The molecule has 0 radical (unpaired) electrons. The van der Waals surface area contributed by atoms with Crippen LogP contribution in [0.25, 0.3) is 0 Å². The molecule has 2 N–H and O–H groups in total. The van der Waals surface area contributed by atoms with Crippen LogP contribution in [0.15, 0.2) is 23.1 Å². The van der Waals surface area contributed by atoms with Gasteiger partial charge in [-0.1, -0.05) is 6.07 Å². The maximum Gasteiger partial charge on any atom is 0.240 e. The predicted octanol–water partition coefficient (Wildman–Crippen LogP) is 0.818. The number of nitrogens with one attached hydrogen (secondary N) is 2. The lowest BCUT2D eigenvalue weighted by Crippen LogP contribution is -2.33. The summed E-state index contributed by atoms with van der Waals surface area (Å²) >= 11 is 0. The SMILES string of the molecule is COCCNCCNS(=O)(=O)c1cc(C)cc(C)c1. The molecule has 0 saturated heterocycles. The van der Waals surface area contributed by atoms with E-state index in [-0.39, 0.29) is 0 Å². The summed E-state index contributed by atoms with van der Waals surface area (Å²) in [5.74, 6) is 0. The van der Waals surface area contributed by atoms with Crippen LogP contribution in [-0.2, 0) is 14.8 Å². The molecule has 19 heavy (non-hydrogen) atoms. The van der Waals surface area contributed by atoms with E-state index in [2.05, 4.69) is 10.0 Å². The van der Waals surface area contributed by atoms with Gasteiger partial charge in [-0.2, -0.15) is 0 Å². The van der Waals surface area contributed by atoms with Crippen molar-refractivity contribution in [3.63, 3.8) is 0 Å². The van der Waals surface area contributed by atoms with Crippen LogP contribution in [0.3, 0.4) is 0 Å². The van der Waals surface area contributed by atoms with Crippen LogP contribution in [0.5, 0.6) is 0 Å². The van der Waals surface area contributed by atoms with Gasteiger partial charge in [0.2, 0.25) is 10.0 Å². The number of hydrogen-bond acceptors (Lipinski definition) is 4. The van der Waals surface area contributed by atoms with Crippen LogP contribution in [0.1, 0.15) is 11.1 Å². The van der Waals surface area contributed by atoms with Gasteiger partial charge >= 0.3 is 0 Å². The number of benzene rings is 1. The normalized spacial score (nSPS) is 11.7. The Morgan fingerprint density at radius 3 is 2.26 bits per heavy atom. The van der Waals surface area contributed by atoms with Gasteiger partial charge in [-0.05, 0) is 37.1 Å². The van der Waals surface area contributed by atoms with Crippen LogP contribution in [-0.4, -0.2) is 41.8 Å². The Morgan fingerprint density at radius 1 is 1.05 bits per heavy atom. The number of aryl methyl sites for hydroxylation is 2. The van der Waals surface area contributed by atoms with Gasteiger partial charge in [-0.25, -0.2) is 13.1 Å². The second-order valence-electron chi connectivity index (χ2n) is 4.46. The van der Waals surface area contributed by atoms with Crippen molar-refractivity contribution < 1.29 is 13.2 Å². The summed E-state index contributed by atoms with van der Waals surface area (Å²) in [7, 11) is -1.79. The first-order valence-electron chi connectivity index (χ1n) is 6.23. The van der Waals surface area contributed by atoms with Crippen molar-refractivity contribution in [3.8, 4) is 0 Å². The minimum Gasteiger partial charge on any atom is -0.383 e. The highest BCUT2D eigenvalue weighted by Gasteiger charge is 2.13. The lowest BCUT2D eigenvalue weighted by Gasteiger charge is -2.09. The summed E-state index contributed by atoms with van der Waals surface area (Å²) in [6.45, 7) is 6.04. The molecule has 1 rings (SSSR count). The second-order valence-corrected chi connectivity index (χ2v) is 6.23. The van der Waals surface area contributed by atoms with Crippen LogP contribution in [0.2, 0.25) is 0 Å². The van der Waals surface area contributed by atoms with E-state index < -0.39 is 10.0 Å². The standard InChI is InChI=1S/C13H22N2O3S/c1-11-8-12(2)10-13(9-11)19(16,17)15-5-4-14-6-7-18-3/h8-10,14-15H,4-7H2,1-3H3. The summed E-state index contributed by atoms with van der Waals surface area (Å²) in [6, 6.07) is 5.30. The molecular formula is C13H22N2O3S. The minimum atomic E-state index is -3.42. The van der Waals surface area contributed by atoms with Crippen molar-refractivity contribution in [2.45, 2.75) is 18.7 Å². The third-order valence-corrected chi connectivity index (χ3v) is 4.02. The fraction of sp³-hybridized carbons (Fsp3) is 0.538. The highest BCUT2D eigenvalue weighted by molar-refractivity contribution is 7.89. The zero-order chi connectivity index (χ0) is 14.3. The van der Waals surface area contributed by atoms with E-state index in [1.165, 1.54) is 0 Å². The Morgan fingerprint density at radius 2 is 1.68 bits per heavy atom. The first-order chi connectivity index (χ1) is 8.95. The molecule has 0 saturated carbocycles. The molecule has 108 valence electrons. The fourth-order valence-corrected chi connectivity index (χ4v) is 2.96. The Bertz CT molecular complexity index is 480. The molecule has 0 amide bonds. The van der Waals surface area contributed by atoms with Gasteiger partial charge in [-0.15, -0.1) is 0 Å². The van der Waals surface area contributed by atoms with E-state index in [1.807, 2.05) is 19.9 Å². The van der Waals surface area contributed by atoms with Crippen LogP contribution in [0, 0.1) is 13.8 Å². The molecule has 1 aromatic rings. The van der Waals surface area contributed by atoms with Crippen LogP contribution < -0.4 is 10.0 Å². The molecule has 1 aromatic carbocycles. The van der Waals surface area contributed by atoms with Crippen molar-refractivity contribution in [3.05, 3.63) is 29.3 Å². The molecule has 0 fully saturated rings. The molecule has 0 heterocycles. The van der Waals surface area contributed by atoms with Gasteiger partial charge in [0.05, 0.1) is 11.5 Å². The predicted molar refractivity (Wildman–Crippen MR) is 75.9 cm³/mol. The lowest BCUT2D eigenvalue weighted by molar-refractivity contribution is 0.199. The fourth-order valence-electron chi connectivity index (χ4n) is 1.74. The van der Waals surface area contributed by atoms with Crippen LogP contribution in [0.4, 0.5) is 0 Å². The number of hydrogen-bond donors (Lipinski definition) is 2. The van der Waals surface area contributed by atoms with Crippen molar-refractivity contribution >= 4 is 10.0 Å². The second kappa shape index (κ2) is 7.59. The van der Waals surface area contributed by atoms with Gasteiger partial charge in [0.25, 0.3) is 0 Å². The highest BCUT2D eigenvalue weighted by Crippen LogP contribution is 2.13. The molecule has 0 bridgehead atoms.